The molecule has 0 aliphatic carbocycles. The molecule has 0 spiro atoms. The molecule has 0 aliphatic rings. The number of hydrogen-bond acceptors (Lipinski definition) is 4. The lowest BCUT2D eigenvalue weighted by molar-refractivity contribution is -0.150. The first kappa shape index (κ1) is 12.8. The van der Waals surface area contributed by atoms with Crippen molar-refractivity contribution in [3.63, 3.8) is 0 Å². The molecule has 1 aromatic heterocycles. The molecule has 19 heavy (non-hydrogen) atoms. The van der Waals surface area contributed by atoms with Crippen molar-refractivity contribution in [2.24, 2.45) is 0 Å². The van der Waals surface area contributed by atoms with E-state index in [2.05, 4.69) is 11.3 Å². The molecule has 1 heterocycles. The minimum atomic E-state index is -0.899. The number of ether oxygens (including phenoxy) is 1. The van der Waals surface area contributed by atoms with E-state index in [4.69, 9.17) is 4.42 Å². The van der Waals surface area contributed by atoms with Crippen molar-refractivity contribution in [1.29, 1.82) is 0 Å². The van der Waals surface area contributed by atoms with Crippen LogP contribution in [0, 0.1) is 0 Å². The smallest absolute Gasteiger partial charge is 0.379 e. The maximum absolute atomic E-state index is 11.5. The first-order chi connectivity index (χ1) is 9.22. The lowest BCUT2D eigenvalue weighted by Gasteiger charge is -1.96. The van der Waals surface area contributed by atoms with Crippen LogP contribution >= 0.6 is 0 Å². The molecule has 0 atom stereocenters. The van der Waals surface area contributed by atoms with E-state index >= 15 is 0 Å². The second-order valence-corrected chi connectivity index (χ2v) is 3.77. The molecule has 1 aromatic carbocycles. The first-order valence-electron chi connectivity index (χ1n) is 5.68. The van der Waals surface area contributed by atoms with Crippen LogP contribution in [0.15, 0.2) is 53.7 Å². The highest BCUT2D eigenvalue weighted by molar-refractivity contribution is 6.39. The maximum Gasteiger partial charge on any atom is 0.379 e. The van der Waals surface area contributed by atoms with Gasteiger partial charge in [0.1, 0.15) is 12.2 Å². The molecule has 0 saturated heterocycles. The van der Waals surface area contributed by atoms with Gasteiger partial charge in [-0.15, -0.1) is 0 Å². The van der Waals surface area contributed by atoms with E-state index in [9.17, 15) is 9.59 Å². The third-order valence-corrected chi connectivity index (χ3v) is 2.46. The highest BCUT2D eigenvalue weighted by Gasteiger charge is 2.11. The van der Waals surface area contributed by atoms with Gasteiger partial charge in [-0.05, 0) is 18.2 Å². The topological polar surface area (TPSA) is 56.5 Å². The van der Waals surface area contributed by atoms with Crippen LogP contribution in [-0.4, -0.2) is 18.4 Å². The number of benzene rings is 1. The van der Waals surface area contributed by atoms with Crippen molar-refractivity contribution in [3.05, 3.63) is 54.8 Å². The second-order valence-electron chi connectivity index (χ2n) is 3.77. The van der Waals surface area contributed by atoms with Gasteiger partial charge in [-0.3, -0.25) is 4.79 Å². The molecular formula is C15H12O4. The molecule has 2 aromatic rings. The van der Waals surface area contributed by atoms with E-state index in [-0.39, 0.29) is 6.61 Å². The molecule has 0 amide bonds. The fraction of sp³-hybridized carbons (Fsp3) is 0.0667. The van der Waals surface area contributed by atoms with Gasteiger partial charge in [0, 0.05) is 10.9 Å². The largest absolute Gasteiger partial charge is 0.464 e. The molecule has 4 nitrogen and oxygen atoms in total. The zero-order chi connectivity index (χ0) is 13.7. The van der Waals surface area contributed by atoms with Crippen LogP contribution in [0.3, 0.4) is 0 Å². The van der Waals surface area contributed by atoms with Crippen LogP contribution in [0.1, 0.15) is 5.56 Å². The monoisotopic (exact) mass is 256 g/mol. The number of para-hydroxylation sites is 1. The van der Waals surface area contributed by atoms with Gasteiger partial charge in [0.15, 0.2) is 0 Å². The normalized spacial score (nSPS) is 10.7. The Hall–Kier alpha value is -2.62. The average Bonchev–Trinajstić information content (AvgIpc) is 2.85. The Bertz CT molecular complexity index is 649. The fourth-order valence-electron chi connectivity index (χ4n) is 1.57. The Morgan fingerprint density at radius 1 is 1.32 bits per heavy atom. The molecular weight excluding hydrogens is 244 g/mol. The van der Waals surface area contributed by atoms with Crippen LogP contribution in [0.2, 0.25) is 0 Å². The highest BCUT2D eigenvalue weighted by atomic mass is 16.5. The number of fused-ring (bicyclic) bond motifs is 1. The molecule has 0 aliphatic heterocycles. The predicted molar refractivity (Wildman–Crippen MR) is 71.4 cm³/mol. The van der Waals surface area contributed by atoms with Crippen LogP contribution in [0.25, 0.3) is 17.0 Å². The minimum absolute atomic E-state index is 0.0209. The van der Waals surface area contributed by atoms with Crippen molar-refractivity contribution in [3.8, 4) is 0 Å². The number of hydrogen-bond donors (Lipinski definition) is 0. The lowest BCUT2D eigenvalue weighted by Crippen LogP contribution is -2.14. The minimum Gasteiger partial charge on any atom is -0.464 e. The summed E-state index contributed by atoms with van der Waals surface area (Å²) in [7, 11) is 0. The molecule has 0 radical (unpaired) electrons. The van der Waals surface area contributed by atoms with Crippen LogP contribution in [0.4, 0.5) is 0 Å². The number of carbonyl (C=O) groups is 2. The summed E-state index contributed by atoms with van der Waals surface area (Å²) in [6.07, 6.45) is 5.63. The molecule has 0 N–H and O–H groups in total. The second kappa shape index (κ2) is 5.82. The molecule has 0 fully saturated rings. The summed E-state index contributed by atoms with van der Waals surface area (Å²) in [4.78, 5) is 22.7. The van der Waals surface area contributed by atoms with E-state index in [0.29, 0.717) is 0 Å². The summed E-state index contributed by atoms with van der Waals surface area (Å²) in [5, 5.41) is 0.881. The Balaban J connectivity index is 2.12. The Labute approximate surface area is 110 Å². The van der Waals surface area contributed by atoms with Crippen LogP contribution < -0.4 is 0 Å². The number of furan rings is 1. The van der Waals surface area contributed by atoms with E-state index in [1.165, 1.54) is 24.5 Å². The molecule has 0 saturated carbocycles. The van der Waals surface area contributed by atoms with Gasteiger partial charge in [0.05, 0.1) is 6.26 Å². The SMILES string of the molecule is C=CCOC(=O)C(=O)/C=C/c1coc2ccccc12. The average molecular weight is 256 g/mol. The first-order valence-corrected chi connectivity index (χ1v) is 5.68. The molecule has 4 heteroatoms. The third-order valence-electron chi connectivity index (χ3n) is 2.46. The van der Waals surface area contributed by atoms with Gasteiger partial charge in [-0.25, -0.2) is 4.79 Å². The zero-order valence-electron chi connectivity index (χ0n) is 10.2. The van der Waals surface area contributed by atoms with Gasteiger partial charge < -0.3 is 9.15 Å². The van der Waals surface area contributed by atoms with Crippen molar-refractivity contribution in [2.75, 3.05) is 6.61 Å². The van der Waals surface area contributed by atoms with Gasteiger partial charge >= 0.3 is 5.97 Å². The predicted octanol–water partition coefficient (Wildman–Crippen LogP) is 2.74. The van der Waals surface area contributed by atoms with Crippen molar-refractivity contribution < 1.29 is 18.7 Å². The summed E-state index contributed by atoms with van der Waals surface area (Å²) in [5.41, 5.74) is 1.46. The van der Waals surface area contributed by atoms with Crippen molar-refractivity contribution >= 4 is 28.8 Å². The number of ketones is 1. The summed E-state index contributed by atoms with van der Waals surface area (Å²) in [6, 6.07) is 7.43. The van der Waals surface area contributed by atoms with Crippen molar-refractivity contribution in [2.45, 2.75) is 0 Å². The van der Waals surface area contributed by atoms with E-state index in [1.54, 1.807) is 0 Å². The Morgan fingerprint density at radius 2 is 2.11 bits per heavy atom. The Morgan fingerprint density at radius 3 is 2.89 bits per heavy atom. The summed E-state index contributed by atoms with van der Waals surface area (Å²) < 4.78 is 9.94. The molecule has 96 valence electrons. The number of rotatable bonds is 5. The van der Waals surface area contributed by atoms with Gasteiger partial charge in [-0.2, -0.15) is 0 Å². The van der Waals surface area contributed by atoms with Crippen LogP contribution in [0.5, 0.6) is 0 Å². The fourth-order valence-corrected chi connectivity index (χ4v) is 1.57. The highest BCUT2D eigenvalue weighted by Crippen LogP contribution is 2.21. The van der Waals surface area contributed by atoms with Gasteiger partial charge in [0.2, 0.25) is 0 Å². The lowest BCUT2D eigenvalue weighted by atomic mass is 10.1. The summed E-state index contributed by atoms with van der Waals surface area (Å²) >= 11 is 0. The van der Waals surface area contributed by atoms with Gasteiger partial charge in [-0.1, -0.05) is 30.9 Å². The van der Waals surface area contributed by atoms with E-state index < -0.39 is 11.8 Å². The van der Waals surface area contributed by atoms with Crippen LogP contribution in [-0.2, 0) is 14.3 Å². The quantitative estimate of drug-likeness (QED) is 0.357. The van der Waals surface area contributed by atoms with Gasteiger partial charge in [0.25, 0.3) is 5.78 Å². The number of esters is 1. The number of carbonyl (C=O) groups excluding carboxylic acids is 2. The Kier molecular flexibility index (Phi) is 3.93. The van der Waals surface area contributed by atoms with E-state index in [1.807, 2.05) is 24.3 Å². The van der Waals surface area contributed by atoms with Crippen molar-refractivity contribution in [1.82, 2.24) is 0 Å². The zero-order valence-corrected chi connectivity index (χ0v) is 10.2. The molecule has 0 bridgehead atoms. The van der Waals surface area contributed by atoms with E-state index in [0.717, 1.165) is 16.5 Å². The summed E-state index contributed by atoms with van der Waals surface area (Å²) in [5.74, 6) is -1.61. The summed E-state index contributed by atoms with van der Waals surface area (Å²) in [6.45, 7) is 3.41. The molecule has 0 unspecified atom stereocenters. The third kappa shape index (κ3) is 2.98. The molecule has 2 rings (SSSR count). The maximum atomic E-state index is 11.5. The standard InChI is InChI=1S/C15H12O4/c1-2-9-18-15(17)13(16)8-7-11-10-19-14-6-4-3-5-12(11)14/h2-8,10H,1,9H2/b8-7+.